The quantitative estimate of drug-likeness (QED) is 0.873. The predicted molar refractivity (Wildman–Crippen MR) is 76.6 cm³/mol. The molecule has 1 aromatic carbocycles. The Labute approximate surface area is 110 Å². The molecule has 0 aliphatic carbocycles. The van der Waals surface area contributed by atoms with Crippen molar-refractivity contribution in [3.63, 3.8) is 0 Å². The number of anilines is 1. The molecule has 1 unspecified atom stereocenters. The Balaban J connectivity index is 3.18. The Kier molecular flexibility index (Phi) is 5.03. The summed E-state index contributed by atoms with van der Waals surface area (Å²) in [5.74, 6) is 1.24. The monoisotopic (exact) mass is 251 g/mol. The Morgan fingerprint density at radius 2 is 1.78 bits per heavy atom. The Morgan fingerprint density at radius 3 is 2.22 bits per heavy atom. The van der Waals surface area contributed by atoms with E-state index in [1.807, 2.05) is 7.05 Å². The highest BCUT2D eigenvalue weighted by Gasteiger charge is 2.21. The Morgan fingerprint density at radius 1 is 1.22 bits per heavy atom. The molecule has 0 saturated heterocycles. The van der Waals surface area contributed by atoms with E-state index >= 15 is 0 Å². The van der Waals surface area contributed by atoms with Crippen LogP contribution in [0.2, 0.25) is 0 Å². The van der Waals surface area contributed by atoms with E-state index in [-0.39, 0.29) is 12.6 Å². The number of aliphatic hydroxyl groups is 1. The highest BCUT2D eigenvalue weighted by atomic mass is 16.5. The lowest BCUT2D eigenvalue weighted by atomic mass is 10.0. The first kappa shape index (κ1) is 14.8. The molecule has 1 atom stereocenters. The molecular formula is C15H25NO2. The number of likely N-dealkylation sites (N-methyl/N-ethyl adjacent to an activating group) is 1. The lowest BCUT2D eigenvalue weighted by Gasteiger charge is -2.33. The van der Waals surface area contributed by atoms with Crippen molar-refractivity contribution in [1.82, 2.24) is 0 Å². The first-order valence-corrected chi connectivity index (χ1v) is 6.41. The number of benzene rings is 1. The standard InChI is InChI=1S/C15H25NO2/c1-10(2)14(9-17)16(5)13-7-11(3)12(4)8-15(13)18-6/h7-8,10,14,17H,9H2,1-6H3. The van der Waals surface area contributed by atoms with E-state index in [2.05, 4.69) is 44.7 Å². The van der Waals surface area contributed by atoms with Gasteiger partial charge in [-0.2, -0.15) is 0 Å². The smallest absolute Gasteiger partial charge is 0.142 e. The van der Waals surface area contributed by atoms with Crippen molar-refractivity contribution in [2.45, 2.75) is 33.7 Å². The van der Waals surface area contributed by atoms with Crippen LogP contribution in [0.1, 0.15) is 25.0 Å². The summed E-state index contributed by atoms with van der Waals surface area (Å²) in [6.07, 6.45) is 0. The van der Waals surface area contributed by atoms with Crippen molar-refractivity contribution in [3.8, 4) is 5.75 Å². The minimum atomic E-state index is 0.0982. The lowest BCUT2D eigenvalue weighted by Crippen LogP contribution is -2.39. The maximum Gasteiger partial charge on any atom is 0.142 e. The molecule has 0 heterocycles. The number of hydrogen-bond donors (Lipinski definition) is 1. The fraction of sp³-hybridized carbons (Fsp3) is 0.600. The van der Waals surface area contributed by atoms with Crippen molar-refractivity contribution in [2.75, 3.05) is 25.7 Å². The molecule has 3 heteroatoms. The van der Waals surface area contributed by atoms with Crippen LogP contribution < -0.4 is 9.64 Å². The minimum absolute atomic E-state index is 0.0982. The molecule has 0 aliphatic heterocycles. The first-order valence-electron chi connectivity index (χ1n) is 6.41. The average Bonchev–Trinajstić information content (AvgIpc) is 2.32. The summed E-state index contributed by atoms with van der Waals surface area (Å²) in [5.41, 5.74) is 3.49. The minimum Gasteiger partial charge on any atom is -0.495 e. The van der Waals surface area contributed by atoms with Gasteiger partial charge in [0.15, 0.2) is 0 Å². The maximum absolute atomic E-state index is 9.53. The van der Waals surface area contributed by atoms with Gasteiger partial charge in [0.25, 0.3) is 0 Å². The van der Waals surface area contributed by atoms with Gasteiger partial charge in [0, 0.05) is 7.05 Å². The molecule has 1 aromatic rings. The Hall–Kier alpha value is -1.22. The van der Waals surface area contributed by atoms with E-state index in [1.54, 1.807) is 7.11 Å². The first-order chi connectivity index (χ1) is 8.42. The summed E-state index contributed by atoms with van der Waals surface area (Å²) in [7, 11) is 3.69. The number of ether oxygens (including phenoxy) is 1. The molecule has 0 radical (unpaired) electrons. The van der Waals surface area contributed by atoms with Crippen LogP contribution in [-0.4, -0.2) is 31.9 Å². The summed E-state index contributed by atoms with van der Waals surface area (Å²) in [6.45, 7) is 8.54. The van der Waals surface area contributed by atoms with Crippen LogP contribution in [0, 0.1) is 19.8 Å². The van der Waals surface area contributed by atoms with Gasteiger partial charge in [0.1, 0.15) is 5.75 Å². The molecule has 0 spiro atoms. The molecule has 102 valence electrons. The third-order valence-electron chi connectivity index (χ3n) is 3.63. The molecule has 0 aliphatic rings. The van der Waals surface area contributed by atoms with Gasteiger partial charge in [0.2, 0.25) is 0 Å². The zero-order valence-electron chi connectivity index (χ0n) is 12.3. The van der Waals surface area contributed by atoms with Gasteiger partial charge in [-0.3, -0.25) is 0 Å². The van der Waals surface area contributed by atoms with Crippen LogP contribution in [-0.2, 0) is 0 Å². The number of methoxy groups -OCH3 is 1. The number of hydrogen-bond acceptors (Lipinski definition) is 3. The van der Waals surface area contributed by atoms with Gasteiger partial charge in [-0.05, 0) is 43.0 Å². The van der Waals surface area contributed by atoms with Crippen molar-refractivity contribution in [3.05, 3.63) is 23.3 Å². The fourth-order valence-corrected chi connectivity index (χ4v) is 2.17. The molecule has 1 rings (SSSR count). The second-order valence-corrected chi connectivity index (χ2v) is 5.21. The third kappa shape index (κ3) is 2.96. The van der Waals surface area contributed by atoms with Gasteiger partial charge >= 0.3 is 0 Å². The van der Waals surface area contributed by atoms with Gasteiger partial charge in [-0.25, -0.2) is 0 Å². The highest BCUT2D eigenvalue weighted by Crippen LogP contribution is 2.32. The predicted octanol–water partition coefficient (Wildman–Crippen LogP) is 2.77. The Bertz CT molecular complexity index is 402. The summed E-state index contributed by atoms with van der Waals surface area (Å²) in [6, 6.07) is 4.27. The molecule has 0 amide bonds. The summed E-state index contributed by atoms with van der Waals surface area (Å²) in [5, 5.41) is 9.53. The molecule has 0 fully saturated rings. The molecule has 0 bridgehead atoms. The van der Waals surface area contributed by atoms with Crippen LogP contribution in [0.3, 0.4) is 0 Å². The SMILES string of the molecule is COc1cc(C)c(C)cc1N(C)C(CO)C(C)C. The second-order valence-electron chi connectivity index (χ2n) is 5.21. The number of aliphatic hydroxyl groups excluding tert-OH is 1. The van der Waals surface area contributed by atoms with E-state index in [4.69, 9.17) is 4.74 Å². The topological polar surface area (TPSA) is 32.7 Å². The zero-order chi connectivity index (χ0) is 13.9. The van der Waals surface area contributed by atoms with E-state index in [1.165, 1.54) is 11.1 Å². The third-order valence-corrected chi connectivity index (χ3v) is 3.63. The number of rotatable bonds is 5. The van der Waals surface area contributed by atoms with Gasteiger partial charge in [0.05, 0.1) is 25.4 Å². The summed E-state index contributed by atoms with van der Waals surface area (Å²) in [4.78, 5) is 2.11. The van der Waals surface area contributed by atoms with E-state index < -0.39 is 0 Å². The van der Waals surface area contributed by atoms with E-state index in [9.17, 15) is 5.11 Å². The van der Waals surface area contributed by atoms with Crippen molar-refractivity contribution in [2.24, 2.45) is 5.92 Å². The van der Waals surface area contributed by atoms with Crippen molar-refractivity contribution >= 4 is 5.69 Å². The maximum atomic E-state index is 9.53. The second kappa shape index (κ2) is 6.10. The molecular weight excluding hydrogens is 226 g/mol. The highest BCUT2D eigenvalue weighted by molar-refractivity contribution is 5.62. The van der Waals surface area contributed by atoms with E-state index in [0.717, 1.165) is 11.4 Å². The fourth-order valence-electron chi connectivity index (χ4n) is 2.17. The number of nitrogens with zero attached hydrogens (tertiary/aromatic N) is 1. The number of aryl methyl sites for hydroxylation is 2. The molecule has 0 saturated carbocycles. The largest absolute Gasteiger partial charge is 0.495 e. The van der Waals surface area contributed by atoms with Gasteiger partial charge in [-0.1, -0.05) is 13.8 Å². The van der Waals surface area contributed by atoms with Crippen LogP contribution in [0.5, 0.6) is 5.75 Å². The van der Waals surface area contributed by atoms with Crippen LogP contribution in [0.4, 0.5) is 5.69 Å². The molecule has 1 N–H and O–H groups in total. The van der Waals surface area contributed by atoms with Gasteiger partial charge < -0.3 is 14.7 Å². The molecule has 3 nitrogen and oxygen atoms in total. The summed E-state index contributed by atoms with van der Waals surface area (Å²) >= 11 is 0. The molecule has 18 heavy (non-hydrogen) atoms. The van der Waals surface area contributed by atoms with E-state index in [0.29, 0.717) is 5.92 Å². The van der Waals surface area contributed by atoms with Crippen LogP contribution >= 0.6 is 0 Å². The zero-order valence-corrected chi connectivity index (χ0v) is 12.3. The van der Waals surface area contributed by atoms with Crippen molar-refractivity contribution in [1.29, 1.82) is 0 Å². The van der Waals surface area contributed by atoms with Crippen LogP contribution in [0.25, 0.3) is 0 Å². The van der Waals surface area contributed by atoms with Crippen LogP contribution in [0.15, 0.2) is 12.1 Å². The summed E-state index contributed by atoms with van der Waals surface area (Å²) < 4.78 is 5.45. The van der Waals surface area contributed by atoms with Crippen molar-refractivity contribution < 1.29 is 9.84 Å². The van der Waals surface area contributed by atoms with Gasteiger partial charge in [-0.15, -0.1) is 0 Å². The molecule has 0 aromatic heterocycles. The lowest BCUT2D eigenvalue weighted by molar-refractivity contribution is 0.233. The normalized spacial score (nSPS) is 12.7. The average molecular weight is 251 g/mol.